The van der Waals surface area contributed by atoms with Crippen molar-refractivity contribution in [1.29, 1.82) is 0 Å². The lowest BCUT2D eigenvalue weighted by Crippen LogP contribution is -2.51. The first-order valence-corrected chi connectivity index (χ1v) is 15.2. The van der Waals surface area contributed by atoms with Crippen molar-refractivity contribution in [2.24, 2.45) is 5.92 Å². The lowest BCUT2D eigenvalue weighted by molar-refractivity contribution is -0.139. The van der Waals surface area contributed by atoms with E-state index in [1.165, 1.54) is 17.0 Å². The third kappa shape index (κ3) is 7.56. The van der Waals surface area contributed by atoms with Gasteiger partial charge in [-0.1, -0.05) is 79.0 Å². The highest BCUT2D eigenvalue weighted by Gasteiger charge is 2.33. The van der Waals surface area contributed by atoms with Crippen LogP contribution in [0.5, 0.6) is 0 Å². The van der Waals surface area contributed by atoms with Crippen LogP contribution in [0.2, 0.25) is 10.0 Å². The summed E-state index contributed by atoms with van der Waals surface area (Å²) in [7, 11) is -4.19. The fraction of sp³-hybridized carbons (Fsp3) is 0.333. The minimum absolute atomic E-state index is 0.0156. The Morgan fingerprint density at radius 1 is 0.875 bits per heavy atom. The smallest absolute Gasteiger partial charge is 0.264 e. The van der Waals surface area contributed by atoms with Gasteiger partial charge in [-0.15, -0.1) is 0 Å². The normalized spacial score (nSPS) is 12.2. The summed E-state index contributed by atoms with van der Waals surface area (Å²) >= 11 is 12.8. The van der Waals surface area contributed by atoms with Gasteiger partial charge in [-0.25, -0.2) is 8.42 Å². The molecule has 0 aliphatic rings. The Bertz CT molecular complexity index is 1460. The monoisotopic (exact) mass is 603 g/mol. The second-order valence-electron chi connectivity index (χ2n) is 10.1. The Morgan fingerprint density at radius 2 is 1.50 bits per heavy atom. The minimum atomic E-state index is -4.19. The number of aryl methyl sites for hydroxylation is 1. The average Bonchev–Trinajstić information content (AvgIpc) is 2.91. The second kappa shape index (κ2) is 13.5. The SMILES string of the molecule is Cc1ccc(S(=O)(=O)N(CC(=O)N(Cc2ccccc2Cl)C(C)C(=O)NCC(C)C)c2cccc(Cl)c2C)cc1. The van der Waals surface area contributed by atoms with Gasteiger partial charge in [-0.05, 0) is 68.1 Å². The molecule has 10 heteroatoms. The van der Waals surface area contributed by atoms with E-state index in [1.807, 2.05) is 20.8 Å². The topological polar surface area (TPSA) is 86.8 Å². The average molecular weight is 605 g/mol. The lowest BCUT2D eigenvalue weighted by Gasteiger charge is -2.32. The maximum Gasteiger partial charge on any atom is 0.264 e. The van der Waals surface area contributed by atoms with Gasteiger partial charge in [0.25, 0.3) is 10.0 Å². The summed E-state index contributed by atoms with van der Waals surface area (Å²) < 4.78 is 29.0. The van der Waals surface area contributed by atoms with Crippen LogP contribution in [0, 0.1) is 19.8 Å². The van der Waals surface area contributed by atoms with Crippen molar-refractivity contribution in [3.63, 3.8) is 0 Å². The first kappa shape index (κ1) is 31.5. The molecule has 3 aromatic rings. The van der Waals surface area contributed by atoms with Crippen LogP contribution in [-0.2, 0) is 26.2 Å². The maximum absolute atomic E-state index is 14.0. The van der Waals surface area contributed by atoms with Crippen LogP contribution in [-0.4, -0.2) is 44.3 Å². The molecule has 1 unspecified atom stereocenters. The first-order chi connectivity index (χ1) is 18.8. The van der Waals surface area contributed by atoms with E-state index < -0.39 is 28.5 Å². The Morgan fingerprint density at radius 3 is 2.12 bits per heavy atom. The van der Waals surface area contributed by atoms with E-state index in [2.05, 4.69) is 5.32 Å². The molecule has 0 bridgehead atoms. The molecule has 0 aromatic heterocycles. The number of sulfonamides is 1. The van der Waals surface area contributed by atoms with E-state index in [4.69, 9.17) is 23.2 Å². The maximum atomic E-state index is 14.0. The fourth-order valence-corrected chi connectivity index (χ4v) is 5.90. The van der Waals surface area contributed by atoms with Crippen LogP contribution in [0.25, 0.3) is 0 Å². The lowest BCUT2D eigenvalue weighted by atomic mass is 10.1. The molecule has 0 spiro atoms. The van der Waals surface area contributed by atoms with Crippen molar-refractivity contribution in [2.45, 2.75) is 52.1 Å². The molecule has 0 saturated carbocycles. The molecule has 0 saturated heterocycles. The predicted octanol–water partition coefficient (Wildman–Crippen LogP) is 6.00. The molecular weight excluding hydrogens is 569 g/mol. The largest absolute Gasteiger partial charge is 0.354 e. The molecule has 1 N–H and O–H groups in total. The summed E-state index contributed by atoms with van der Waals surface area (Å²) in [5.74, 6) is -0.701. The Kier molecular flexibility index (Phi) is 10.6. The van der Waals surface area contributed by atoms with E-state index >= 15 is 0 Å². The van der Waals surface area contributed by atoms with Gasteiger partial charge in [0, 0.05) is 23.1 Å². The van der Waals surface area contributed by atoms with Gasteiger partial charge in [-0.3, -0.25) is 13.9 Å². The minimum Gasteiger partial charge on any atom is -0.354 e. The molecule has 7 nitrogen and oxygen atoms in total. The Hall–Kier alpha value is -3.07. The van der Waals surface area contributed by atoms with Crippen LogP contribution in [0.15, 0.2) is 71.6 Å². The molecule has 214 valence electrons. The third-order valence-electron chi connectivity index (χ3n) is 6.55. The zero-order chi connectivity index (χ0) is 29.6. The van der Waals surface area contributed by atoms with Crippen molar-refractivity contribution < 1.29 is 18.0 Å². The molecule has 0 aliphatic carbocycles. The number of nitrogens with zero attached hydrogens (tertiary/aromatic N) is 2. The zero-order valence-electron chi connectivity index (χ0n) is 23.3. The molecular formula is C30H35Cl2N3O4S. The number of rotatable bonds is 11. The molecule has 0 radical (unpaired) electrons. The standard InChI is InChI=1S/C30H35Cl2N3O4S/c1-20(2)17-33-30(37)23(5)34(18-24-9-6-7-10-27(24)32)29(36)19-35(28-12-8-11-26(31)22(28)4)40(38,39)25-15-13-21(3)14-16-25/h6-16,20,23H,17-19H2,1-5H3,(H,33,37). The van der Waals surface area contributed by atoms with Crippen molar-refractivity contribution in [3.05, 3.63) is 93.5 Å². The summed E-state index contributed by atoms with van der Waals surface area (Å²) in [5, 5.41) is 3.66. The van der Waals surface area contributed by atoms with Crippen LogP contribution in [0.4, 0.5) is 5.69 Å². The number of benzene rings is 3. The highest BCUT2D eigenvalue weighted by atomic mass is 35.5. The Balaban J connectivity index is 2.07. The molecule has 1 atom stereocenters. The number of hydrogen-bond donors (Lipinski definition) is 1. The predicted molar refractivity (Wildman–Crippen MR) is 161 cm³/mol. The van der Waals surface area contributed by atoms with E-state index in [-0.39, 0.29) is 29.0 Å². The summed E-state index contributed by atoms with van der Waals surface area (Å²) in [5.41, 5.74) is 2.31. The first-order valence-electron chi connectivity index (χ1n) is 13.0. The van der Waals surface area contributed by atoms with Gasteiger partial charge in [0.1, 0.15) is 12.6 Å². The van der Waals surface area contributed by atoms with Gasteiger partial charge in [0.15, 0.2) is 0 Å². The number of halogens is 2. The summed E-state index contributed by atoms with van der Waals surface area (Å²) in [4.78, 5) is 28.5. The molecule has 0 fully saturated rings. The Labute approximate surface area is 247 Å². The van der Waals surface area contributed by atoms with Crippen molar-refractivity contribution in [2.75, 3.05) is 17.4 Å². The summed E-state index contributed by atoms with van der Waals surface area (Å²) in [6.45, 7) is 9.02. The number of amides is 2. The quantitative estimate of drug-likeness (QED) is 0.291. The van der Waals surface area contributed by atoms with Crippen LogP contribution in [0.3, 0.4) is 0 Å². The van der Waals surface area contributed by atoms with Crippen molar-refractivity contribution in [1.82, 2.24) is 10.2 Å². The third-order valence-corrected chi connectivity index (χ3v) is 9.10. The number of nitrogens with one attached hydrogen (secondary N) is 1. The second-order valence-corrected chi connectivity index (χ2v) is 12.8. The number of carbonyl (C=O) groups is 2. The van der Waals surface area contributed by atoms with Gasteiger partial charge in [0.05, 0.1) is 10.6 Å². The number of carbonyl (C=O) groups excluding carboxylic acids is 2. The number of hydrogen-bond acceptors (Lipinski definition) is 4. The van der Waals surface area contributed by atoms with Gasteiger partial charge < -0.3 is 10.2 Å². The van der Waals surface area contributed by atoms with Gasteiger partial charge in [-0.2, -0.15) is 0 Å². The molecule has 0 heterocycles. The highest BCUT2D eigenvalue weighted by molar-refractivity contribution is 7.92. The highest BCUT2D eigenvalue weighted by Crippen LogP contribution is 2.31. The molecule has 0 aliphatic heterocycles. The molecule has 3 rings (SSSR count). The van der Waals surface area contributed by atoms with Crippen LogP contribution < -0.4 is 9.62 Å². The molecule has 3 aromatic carbocycles. The van der Waals surface area contributed by atoms with Gasteiger partial charge >= 0.3 is 0 Å². The van der Waals surface area contributed by atoms with Crippen LogP contribution in [0.1, 0.15) is 37.5 Å². The molecule has 2 amide bonds. The molecule has 40 heavy (non-hydrogen) atoms. The summed E-state index contributed by atoms with van der Waals surface area (Å²) in [6, 6.07) is 17.4. The van der Waals surface area contributed by atoms with Crippen molar-refractivity contribution >= 4 is 50.7 Å². The van der Waals surface area contributed by atoms with E-state index in [0.717, 1.165) is 9.87 Å². The number of anilines is 1. The zero-order valence-corrected chi connectivity index (χ0v) is 25.6. The van der Waals surface area contributed by atoms with Crippen molar-refractivity contribution in [3.8, 4) is 0 Å². The van der Waals surface area contributed by atoms with E-state index in [9.17, 15) is 18.0 Å². The fourth-order valence-electron chi connectivity index (χ4n) is 4.06. The summed E-state index contributed by atoms with van der Waals surface area (Å²) in [6.07, 6.45) is 0. The van der Waals surface area contributed by atoms with E-state index in [1.54, 1.807) is 68.4 Å². The van der Waals surface area contributed by atoms with Crippen LogP contribution >= 0.6 is 23.2 Å². The van der Waals surface area contributed by atoms with E-state index in [0.29, 0.717) is 27.7 Å². The van der Waals surface area contributed by atoms with Gasteiger partial charge in [0.2, 0.25) is 11.8 Å².